The van der Waals surface area contributed by atoms with Crippen molar-refractivity contribution in [2.45, 2.75) is 25.8 Å². The lowest BCUT2D eigenvalue weighted by Gasteiger charge is -2.33. The van der Waals surface area contributed by atoms with Gasteiger partial charge in [-0.2, -0.15) is 9.97 Å². The van der Waals surface area contributed by atoms with Gasteiger partial charge in [0.25, 0.3) is 6.43 Å². The molecule has 2 aromatic rings. The van der Waals surface area contributed by atoms with Gasteiger partial charge in [0.1, 0.15) is 12.9 Å². The lowest BCUT2D eigenvalue weighted by molar-refractivity contribution is -0.137. The summed E-state index contributed by atoms with van der Waals surface area (Å²) in [6.07, 6.45) is 2.35. The second-order valence-electron chi connectivity index (χ2n) is 7.25. The Morgan fingerprint density at radius 3 is 2.81 bits per heavy atom. The van der Waals surface area contributed by atoms with E-state index in [1.807, 2.05) is 4.90 Å². The van der Waals surface area contributed by atoms with Crippen LogP contribution in [0.25, 0.3) is 0 Å². The summed E-state index contributed by atoms with van der Waals surface area (Å²) in [5.41, 5.74) is 0.546. The van der Waals surface area contributed by atoms with Gasteiger partial charge in [-0.1, -0.05) is 0 Å². The molecule has 0 saturated carbocycles. The van der Waals surface area contributed by atoms with Gasteiger partial charge in [0.2, 0.25) is 11.9 Å². The molecular weight excluding hydrogens is 417 g/mol. The molecule has 1 amide bonds. The van der Waals surface area contributed by atoms with Crippen LogP contribution in [0.2, 0.25) is 0 Å². The van der Waals surface area contributed by atoms with Crippen LogP contribution in [-0.2, 0) is 11.3 Å². The monoisotopic (exact) mass is 438 g/mol. The first-order valence-corrected chi connectivity index (χ1v) is 9.90. The van der Waals surface area contributed by atoms with Gasteiger partial charge in [0.15, 0.2) is 18.2 Å². The van der Waals surface area contributed by atoms with E-state index in [-0.39, 0.29) is 36.7 Å². The summed E-state index contributed by atoms with van der Waals surface area (Å²) in [5.74, 6) is -0.273. The van der Waals surface area contributed by atoms with Crippen LogP contribution in [-0.4, -0.2) is 70.0 Å². The average molecular weight is 438 g/mol. The number of nitrogens with zero attached hydrogens (tertiary/aromatic N) is 6. The minimum atomic E-state index is -2.62. The fourth-order valence-corrected chi connectivity index (χ4v) is 3.69. The smallest absolute Gasteiger partial charge is 0.321 e. The number of carbonyl (C=O) groups excluding carboxylic acids is 1. The quantitative estimate of drug-likeness (QED) is 0.696. The van der Waals surface area contributed by atoms with E-state index in [0.717, 1.165) is 6.20 Å². The number of amides is 1. The lowest BCUT2D eigenvalue weighted by Crippen LogP contribution is -2.43. The molecule has 0 unspecified atom stereocenters. The Bertz CT molecular complexity index is 927. The van der Waals surface area contributed by atoms with E-state index >= 15 is 0 Å². The molecule has 0 aliphatic carbocycles. The summed E-state index contributed by atoms with van der Waals surface area (Å²) < 4.78 is 48.8. The molecule has 12 heteroatoms. The third kappa shape index (κ3) is 4.94. The maximum absolute atomic E-state index is 13.9. The molecule has 2 aliphatic heterocycles. The van der Waals surface area contributed by atoms with Crippen LogP contribution in [0.3, 0.4) is 0 Å². The van der Waals surface area contributed by atoms with Crippen LogP contribution < -0.4 is 14.4 Å². The number of hydrogen-bond donors (Lipinski definition) is 0. The zero-order chi connectivity index (χ0) is 21.8. The van der Waals surface area contributed by atoms with Gasteiger partial charge >= 0.3 is 6.01 Å². The Kier molecular flexibility index (Phi) is 6.33. The van der Waals surface area contributed by atoms with Crippen LogP contribution in [0.5, 0.6) is 11.8 Å². The third-order valence-electron chi connectivity index (χ3n) is 5.21. The highest BCUT2D eigenvalue weighted by atomic mass is 19.3. The van der Waals surface area contributed by atoms with Crippen molar-refractivity contribution in [3.05, 3.63) is 30.1 Å². The van der Waals surface area contributed by atoms with Crippen molar-refractivity contribution in [1.29, 1.82) is 0 Å². The van der Waals surface area contributed by atoms with Gasteiger partial charge in [0.05, 0.1) is 19.3 Å². The minimum absolute atomic E-state index is 0.0167. The summed E-state index contributed by atoms with van der Waals surface area (Å²) in [7, 11) is 0. The van der Waals surface area contributed by atoms with E-state index in [2.05, 4.69) is 19.9 Å². The zero-order valence-electron chi connectivity index (χ0n) is 16.6. The van der Waals surface area contributed by atoms with E-state index in [9.17, 15) is 18.0 Å². The highest BCUT2D eigenvalue weighted by Gasteiger charge is 2.31. The van der Waals surface area contributed by atoms with Crippen LogP contribution in [0, 0.1) is 11.7 Å². The molecule has 166 valence electrons. The van der Waals surface area contributed by atoms with Crippen molar-refractivity contribution in [2.75, 3.05) is 37.7 Å². The number of pyridine rings is 1. The van der Waals surface area contributed by atoms with Gasteiger partial charge in [0, 0.05) is 30.8 Å². The van der Waals surface area contributed by atoms with Gasteiger partial charge in [-0.05, 0) is 12.8 Å². The van der Waals surface area contributed by atoms with Crippen molar-refractivity contribution >= 4 is 11.9 Å². The summed E-state index contributed by atoms with van der Waals surface area (Å²) in [6, 6.07) is -0.160. The largest absolute Gasteiger partial charge is 0.488 e. The van der Waals surface area contributed by atoms with Crippen LogP contribution in [0.4, 0.5) is 19.1 Å². The first-order chi connectivity index (χ1) is 15.0. The molecule has 0 radical (unpaired) electrons. The molecule has 2 aromatic heterocycles. The SMILES string of the molecule is O=C(C1CCN(c2ncnc(OCC(F)F)n2)CC1)N1CCOc2c(F)cncc2C1. The summed E-state index contributed by atoms with van der Waals surface area (Å²) in [6.45, 7) is 1.08. The number of carbonyl (C=O) groups is 1. The molecule has 0 aromatic carbocycles. The van der Waals surface area contributed by atoms with E-state index in [1.54, 1.807) is 4.90 Å². The topological polar surface area (TPSA) is 93.6 Å². The first-order valence-electron chi connectivity index (χ1n) is 9.90. The number of halogens is 3. The van der Waals surface area contributed by atoms with Crippen molar-refractivity contribution < 1.29 is 27.4 Å². The van der Waals surface area contributed by atoms with E-state index in [1.165, 1.54) is 12.5 Å². The van der Waals surface area contributed by atoms with Crippen molar-refractivity contribution in [2.24, 2.45) is 5.92 Å². The molecule has 1 fully saturated rings. The zero-order valence-corrected chi connectivity index (χ0v) is 16.6. The molecule has 9 nitrogen and oxygen atoms in total. The second-order valence-corrected chi connectivity index (χ2v) is 7.25. The molecule has 4 heterocycles. The fourth-order valence-electron chi connectivity index (χ4n) is 3.69. The van der Waals surface area contributed by atoms with E-state index < -0.39 is 18.8 Å². The second kappa shape index (κ2) is 9.31. The standard InChI is InChI=1S/C19H21F3N6O3/c20-14-8-23-7-13-9-28(5-6-30-16(13)14)17(29)12-1-3-27(4-2-12)18-24-11-25-19(26-18)31-10-15(21)22/h7-8,11-12,15H,1-6,9-10H2. The molecule has 31 heavy (non-hydrogen) atoms. The van der Waals surface area contributed by atoms with E-state index in [4.69, 9.17) is 9.47 Å². The Morgan fingerprint density at radius 1 is 1.23 bits per heavy atom. The molecule has 2 aliphatic rings. The number of fused-ring (bicyclic) bond motifs is 1. The van der Waals surface area contributed by atoms with Crippen LogP contribution >= 0.6 is 0 Å². The highest BCUT2D eigenvalue weighted by molar-refractivity contribution is 5.79. The number of piperidine rings is 1. The maximum atomic E-state index is 13.9. The molecule has 0 bridgehead atoms. The van der Waals surface area contributed by atoms with Crippen LogP contribution in [0.1, 0.15) is 18.4 Å². The molecule has 0 atom stereocenters. The predicted molar refractivity (Wildman–Crippen MR) is 101 cm³/mol. The van der Waals surface area contributed by atoms with Gasteiger partial charge in [-0.25, -0.2) is 18.2 Å². The number of rotatable bonds is 5. The van der Waals surface area contributed by atoms with Gasteiger partial charge < -0.3 is 19.3 Å². The number of anilines is 1. The van der Waals surface area contributed by atoms with Crippen molar-refractivity contribution in [3.63, 3.8) is 0 Å². The number of alkyl halides is 2. The first kappa shape index (κ1) is 21.1. The number of ether oxygens (including phenoxy) is 2. The Balaban J connectivity index is 1.35. The third-order valence-corrected chi connectivity index (χ3v) is 5.21. The van der Waals surface area contributed by atoms with Crippen molar-refractivity contribution in [1.82, 2.24) is 24.8 Å². The molecule has 1 saturated heterocycles. The van der Waals surface area contributed by atoms with Gasteiger partial charge in [-0.15, -0.1) is 0 Å². The highest BCUT2D eigenvalue weighted by Crippen LogP contribution is 2.28. The molecule has 4 rings (SSSR count). The Hall–Kier alpha value is -3.18. The minimum Gasteiger partial charge on any atom is -0.488 e. The number of hydrogen-bond acceptors (Lipinski definition) is 8. The van der Waals surface area contributed by atoms with Gasteiger partial charge in [-0.3, -0.25) is 9.78 Å². The fraction of sp³-hybridized carbons (Fsp3) is 0.526. The summed E-state index contributed by atoms with van der Waals surface area (Å²) >= 11 is 0. The Labute approximate surface area is 176 Å². The molecule has 0 N–H and O–H groups in total. The summed E-state index contributed by atoms with van der Waals surface area (Å²) in [5, 5.41) is 0. The van der Waals surface area contributed by atoms with E-state index in [0.29, 0.717) is 44.0 Å². The summed E-state index contributed by atoms with van der Waals surface area (Å²) in [4.78, 5) is 32.3. The predicted octanol–water partition coefficient (Wildman–Crippen LogP) is 1.69. The normalized spacial score (nSPS) is 17.2. The average Bonchev–Trinajstić information content (AvgIpc) is 3.01. The lowest BCUT2D eigenvalue weighted by atomic mass is 9.95. The maximum Gasteiger partial charge on any atom is 0.321 e. The van der Waals surface area contributed by atoms with Crippen molar-refractivity contribution in [3.8, 4) is 11.8 Å². The Morgan fingerprint density at radius 2 is 2.03 bits per heavy atom. The number of aromatic nitrogens is 4. The molecule has 0 spiro atoms. The molecular formula is C19H21F3N6O3. The van der Waals surface area contributed by atoms with Crippen LogP contribution in [0.15, 0.2) is 18.7 Å².